The minimum Gasteiger partial charge on any atom is -0.306 e. The van der Waals surface area contributed by atoms with Crippen LogP contribution in [-0.4, -0.2) is 25.0 Å². The Labute approximate surface area is 64.4 Å². The molecular formula is C9H19N. The molecule has 1 nitrogen and oxygen atoms in total. The largest absolute Gasteiger partial charge is 0.306 e. The second-order valence-corrected chi connectivity index (χ2v) is 3.97. The fourth-order valence-corrected chi connectivity index (χ4v) is 1.51. The number of hydrogen-bond acceptors (Lipinski definition) is 1. The van der Waals surface area contributed by atoms with Gasteiger partial charge in [-0.05, 0) is 38.4 Å². The van der Waals surface area contributed by atoms with Gasteiger partial charge in [-0.1, -0.05) is 20.3 Å². The number of hydrogen-bond donors (Lipinski definition) is 0. The third-order valence-electron chi connectivity index (χ3n) is 3.05. The van der Waals surface area contributed by atoms with E-state index in [2.05, 4.69) is 25.8 Å². The van der Waals surface area contributed by atoms with Crippen LogP contribution in [0, 0.1) is 5.41 Å². The zero-order chi connectivity index (χ0) is 7.61. The minimum absolute atomic E-state index is 0.659. The maximum Gasteiger partial charge on any atom is -0.00166 e. The van der Waals surface area contributed by atoms with Crippen molar-refractivity contribution >= 4 is 0 Å². The molecule has 0 radical (unpaired) electrons. The molecule has 0 aromatic rings. The van der Waals surface area contributed by atoms with Gasteiger partial charge in [-0.3, -0.25) is 0 Å². The Bertz CT molecular complexity index is 101. The molecule has 0 saturated carbocycles. The van der Waals surface area contributed by atoms with E-state index in [1.54, 1.807) is 0 Å². The van der Waals surface area contributed by atoms with E-state index in [-0.39, 0.29) is 0 Å². The highest BCUT2D eigenvalue weighted by molar-refractivity contribution is 4.79. The van der Waals surface area contributed by atoms with Gasteiger partial charge in [0, 0.05) is 0 Å². The van der Waals surface area contributed by atoms with Crippen molar-refractivity contribution in [2.45, 2.75) is 33.1 Å². The molecule has 1 aliphatic heterocycles. The number of nitrogens with zero attached hydrogens (tertiary/aromatic N) is 1. The van der Waals surface area contributed by atoms with Crippen LogP contribution in [0.3, 0.4) is 0 Å². The van der Waals surface area contributed by atoms with Crippen LogP contribution in [0.5, 0.6) is 0 Å². The van der Waals surface area contributed by atoms with Crippen molar-refractivity contribution in [1.29, 1.82) is 0 Å². The highest BCUT2D eigenvalue weighted by atomic mass is 15.1. The van der Waals surface area contributed by atoms with E-state index in [4.69, 9.17) is 0 Å². The first-order valence-electron chi connectivity index (χ1n) is 4.35. The second kappa shape index (κ2) is 2.91. The number of rotatable bonds is 1. The van der Waals surface area contributed by atoms with Gasteiger partial charge in [-0.25, -0.2) is 0 Å². The third-order valence-corrected chi connectivity index (χ3v) is 3.05. The van der Waals surface area contributed by atoms with Crippen molar-refractivity contribution in [3.05, 3.63) is 0 Å². The van der Waals surface area contributed by atoms with E-state index in [0.29, 0.717) is 5.41 Å². The molecule has 1 heteroatoms. The summed E-state index contributed by atoms with van der Waals surface area (Å²) in [4.78, 5) is 2.43. The molecule has 1 saturated heterocycles. The first-order valence-corrected chi connectivity index (χ1v) is 4.35. The van der Waals surface area contributed by atoms with Crippen LogP contribution < -0.4 is 0 Å². The molecule has 1 rings (SSSR count). The van der Waals surface area contributed by atoms with E-state index in [1.165, 1.54) is 32.4 Å². The maximum atomic E-state index is 2.43. The molecular weight excluding hydrogens is 122 g/mol. The summed E-state index contributed by atoms with van der Waals surface area (Å²) in [6, 6.07) is 0. The molecule has 0 aromatic carbocycles. The normalized spacial score (nSPS) is 26.7. The number of piperidine rings is 1. The van der Waals surface area contributed by atoms with Gasteiger partial charge in [-0.15, -0.1) is 0 Å². The topological polar surface area (TPSA) is 3.24 Å². The van der Waals surface area contributed by atoms with Gasteiger partial charge >= 0.3 is 0 Å². The lowest BCUT2D eigenvalue weighted by Crippen LogP contribution is -2.35. The first kappa shape index (κ1) is 8.06. The molecule has 0 unspecified atom stereocenters. The second-order valence-electron chi connectivity index (χ2n) is 3.97. The Morgan fingerprint density at radius 2 is 1.80 bits per heavy atom. The van der Waals surface area contributed by atoms with Gasteiger partial charge in [0.25, 0.3) is 0 Å². The summed E-state index contributed by atoms with van der Waals surface area (Å²) in [6.45, 7) is 7.32. The lowest BCUT2D eigenvalue weighted by Gasteiger charge is -2.37. The summed E-state index contributed by atoms with van der Waals surface area (Å²) in [5.74, 6) is 0. The molecule has 0 bridgehead atoms. The van der Waals surface area contributed by atoms with Crippen LogP contribution in [0.2, 0.25) is 0 Å². The fourth-order valence-electron chi connectivity index (χ4n) is 1.51. The van der Waals surface area contributed by atoms with Gasteiger partial charge in [0.15, 0.2) is 0 Å². The average molecular weight is 141 g/mol. The van der Waals surface area contributed by atoms with Crippen molar-refractivity contribution in [3.63, 3.8) is 0 Å². The molecule has 0 amide bonds. The molecule has 0 spiro atoms. The van der Waals surface area contributed by atoms with Crippen molar-refractivity contribution in [1.82, 2.24) is 4.90 Å². The molecule has 10 heavy (non-hydrogen) atoms. The van der Waals surface area contributed by atoms with Crippen LogP contribution in [-0.2, 0) is 0 Å². The maximum absolute atomic E-state index is 2.43. The van der Waals surface area contributed by atoms with E-state index < -0.39 is 0 Å². The molecule has 0 aliphatic carbocycles. The highest BCUT2D eigenvalue weighted by Gasteiger charge is 2.26. The van der Waals surface area contributed by atoms with Crippen molar-refractivity contribution < 1.29 is 0 Å². The van der Waals surface area contributed by atoms with Crippen LogP contribution in [0.15, 0.2) is 0 Å². The average Bonchev–Trinajstić information content (AvgIpc) is 1.96. The quantitative estimate of drug-likeness (QED) is 0.540. The van der Waals surface area contributed by atoms with Crippen LogP contribution in [0.4, 0.5) is 0 Å². The summed E-state index contributed by atoms with van der Waals surface area (Å²) in [6.07, 6.45) is 4.13. The third kappa shape index (κ3) is 1.72. The lowest BCUT2D eigenvalue weighted by atomic mass is 9.78. The molecule has 1 heterocycles. The van der Waals surface area contributed by atoms with Crippen molar-refractivity contribution in [2.24, 2.45) is 5.41 Å². The molecule has 60 valence electrons. The standard InChI is InChI=1S/C9H19N/c1-4-9(2)5-7-10(3)8-6-9/h4-8H2,1-3H3. The van der Waals surface area contributed by atoms with Gasteiger partial charge in [0.2, 0.25) is 0 Å². The SMILES string of the molecule is CCC1(C)CCN(C)CC1. The summed E-state index contributed by atoms with van der Waals surface area (Å²) in [5.41, 5.74) is 0.659. The molecule has 1 aliphatic rings. The van der Waals surface area contributed by atoms with E-state index >= 15 is 0 Å². The molecule has 1 fully saturated rings. The van der Waals surface area contributed by atoms with Crippen molar-refractivity contribution in [3.8, 4) is 0 Å². The first-order chi connectivity index (χ1) is 4.66. The zero-order valence-corrected chi connectivity index (χ0v) is 7.48. The Morgan fingerprint density at radius 1 is 1.30 bits per heavy atom. The van der Waals surface area contributed by atoms with Gasteiger partial charge < -0.3 is 4.90 Å². The van der Waals surface area contributed by atoms with Gasteiger partial charge in [0.05, 0.1) is 0 Å². The predicted molar refractivity (Wildman–Crippen MR) is 45.1 cm³/mol. The Balaban J connectivity index is 2.38. The fraction of sp³-hybridized carbons (Fsp3) is 1.00. The number of likely N-dealkylation sites (tertiary alicyclic amines) is 1. The predicted octanol–water partition coefficient (Wildman–Crippen LogP) is 2.13. The summed E-state index contributed by atoms with van der Waals surface area (Å²) >= 11 is 0. The highest BCUT2D eigenvalue weighted by Crippen LogP contribution is 2.33. The Kier molecular flexibility index (Phi) is 2.35. The van der Waals surface area contributed by atoms with Crippen LogP contribution in [0.25, 0.3) is 0 Å². The Morgan fingerprint density at radius 3 is 2.20 bits per heavy atom. The zero-order valence-electron chi connectivity index (χ0n) is 7.48. The molecule has 0 N–H and O–H groups in total. The summed E-state index contributed by atoms with van der Waals surface area (Å²) in [5, 5.41) is 0. The van der Waals surface area contributed by atoms with E-state index in [0.717, 1.165) is 0 Å². The Hall–Kier alpha value is -0.0400. The van der Waals surface area contributed by atoms with Crippen molar-refractivity contribution in [2.75, 3.05) is 20.1 Å². The summed E-state index contributed by atoms with van der Waals surface area (Å²) < 4.78 is 0. The van der Waals surface area contributed by atoms with Gasteiger partial charge in [-0.2, -0.15) is 0 Å². The lowest BCUT2D eigenvalue weighted by molar-refractivity contribution is 0.135. The van der Waals surface area contributed by atoms with Gasteiger partial charge in [0.1, 0.15) is 0 Å². The van der Waals surface area contributed by atoms with E-state index in [1.807, 2.05) is 0 Å². The molecule has 0 atom stereocenters. The smallest absolute Gasteiger partial charge is 0.00166 e. The minimum atomic E-state index is 0.659. The van der Waals surface area contributed by atoms with E-state index in [9.17, 15) is 0 Å². The monoisotopic (exact) mass is 141 g/mol. The summed E-state index contributed by atoms with van der Waals surface area (Å²) in [7, 11) is 2.22. The van der Waals surface area contributed by atoms with Crippen LogP contribution in [0.1, 0.15) is 33.1 Å². The van der Waals surface area contributed by atoms with Crippen LogP contribution >= 0.6 is 0 Å². The molecule has 0 aromatic heterocycles.